The Morgan fingerprint density at radius 2 is 1.67 bits per heavy atom. The molecule has 0 radical (unpaired) electrons. The third-order valence-electron chi connectivity index (χ3n) is 7.17. The third-order valence-corrected chi connectivity index (χ3v) is 7.17. The second-order valence-electron chi connectivity index (χ2n) is 10.3. The summed E-state index contributed by atoms with van der Waals surface area (Å²) in [4.78, 5) is 34.1. The fourth-order valence-corrected chi connectivity index (χ4v) is 5.26. The highest BCUT2D eigenvalue weighted by Crippen LogP contribution is 2.32. The van der Waals surface area contributed by atoms with Crippen LogP contribution in [-0.2, 0) is 17.6 Å². The molecule has 0 fully saturated rings. The van der Waals surface area contributed by atoms with E-state index in [0.717, 1.165) is 44.3 Å². The number of aromatic amines is 2. The Labute approximate surface area is 239 Å². The highest BCUT2D eigenvalue weighted by atomic mass is 19.1. The van der Waals surface area contributed by atoms with Gasteiger partial charge in [0.05, 0.1) is 10.9 Å². The van der Waals surface area contributed by atoms with Gasteiger partial charge < -0.3 is 4.98 Å². The molecule has 0 amide bonds. The number of H-pyrrole nitrogens is 2. The number of imidazole rings is 1. The van der Waals surface area contributed by atoms with Crippen LogP contribution in [0.25, 0.3) is 56.0 Å². The number of carbonyl (C=O) groups is 1. The third kappa shape index (κ3) is 4.92. The molecule has 0 aliphatic rings. The number of rotatable bonds is 7. The molecule has 0 saturated carbocycles. The van der Waals surface area contributed by atoms with E-state index in [2.05, 4.69) is 30.1 Å². The first kappa shape index (κ1) is 25.4. The molecule has 0 aliphatic heterocycles. The van der Waals surface area contributed by atoms with Gasteiger partial charge in [-0.15, -0.1) is 0 Å². The van der Waals surface area contributed by atoms with E-state index in [4.69, 9.17) is 4.98 Å². The van der Waals surface area contributed by atoms with Crippen LogP contribution in [0.3, 0.4) is 0 Å². The topological polar surface area (TPSA) is 113 Å². The number of ketones is 1. The lowest BCUT2D eigenvalue weighted by molar-refractivity contribution is -0.117. The van der Waals surface area contributed by atoms with Crippen LogP contribution in [0.1, 0.15) is 16.7 Å². The van der Waals surface area contributed by atoms with Crippen molar-refractivity contribution in [3.8, 4) is 33.8 Å². The lowest BCUT2D eigenvalue weighted by Crippen LogP contribution is -2.06. The van der Waals surface area contributed by atoms with Gasteiger partial charge in [-0.05, 0) is 59.5 Å². The minimum absolute atomic E-state index is 0.122. The highest BCUT2D eigenvalue weighted by molar-refractivity contribution is 5.96. The molecule has 5 aromatic heterocycles. The Kier molecular flexibility index (Phi) is 6.31. The number of hydrogen-bond donors (Lipinski definition) is 2. The van der Waals surface area contributed by atoms with Crippen molar-refractivity contribution in [3.63, 3.8) is 0 Å². The van der Waals surface area contributed by atoms with E-state index in [1.807, 2.05) is 61.5 Å². The van der Waals surface area contributed by atoms with Crippen LogP contribution in [0, 0.1) is 12.7 Å². The summed E-state index contributed by atoms with van der Waals surface area (Å²) in [5.41, 5.74) is 8.26. The van der Waals surface area contributed by atoms with Crippen LogP contribution >= 0.6 is 0 Å². The molecule has 8 nitrogen and oxygen atoms in total. The van der Waals surface area contributed by atoms with Crippen molar-refractivity contribution in [2.24, 2.45) is 0 Å². The van der Waals surface area contributed by atoms with Crippen molar-refractivity contribution in [2.45, 2.75) is 19.8 Å². The number of aromatic nitrogens is 7. The van der Waals surface area contributed by atoms with Crippen molar-refractivity contribution in [2.75, 3.05) is 0 Å². The molecular weight excluding hydrogens is 529 g/mol. The first-order chi connectivity index (χ1) is 20.5. The van der Waals surface area contributed by atoms with E-state index in [-0.39, 0.29) is 11.6 Å². The van der Waals surface area contributed by atoms with E-state index >= 15 is 0 Å². The predicted molar refractivity (Wildman–Crippen MR) is 159 cm³/mol. The average Bonchev–Trinajstić information content (AvgIpc) is 3.61. The summed E-state index contributed by atoms with van der Waals surface area (Å²) in [5.74, 6) is 0.363. The average molecular weight is 554 g/mol. The summed E-state index contributed by atoms with van der Waals surface area (Å²) in [6, 6.07) is 20.4. The van der Waals surface area contributed by atoms with Crippen molar-refractivity contribution in [3.05, 3.63) is 114 Å². The molecule has 0 bridgehead atoms. The lowest BCUT2D eigenvalue weighted by atomic mass is 10.0. The summed E-state index contributed by atoms with van der Waals surface area (Å²) in [6.45, 7) is 1.86. The van der Waals surface area contributed by atoms with Gasteiger partial charge in [0.2, 0.25) is 0 Å². The van der Waals surface area contributed by atoms with Gasteiger partial charge in [-0.2, -0.15) is 5.10 Å². The minimum Gasteiger partial charge on any atom is -0.335 e. The molecule has 0 aliphatic carbocycles. The predicted octanol–water partition coefficient (Wildman–Crippen LogP) is 6.43. The van der Waals surface area contributed by atoms with Crippen LogP contribution in [0.15, 0.2) is 91.5 Å². The van der Waals surface area contributed by atoms with Crippen LogP contribution < -0.4 is 0 Å². The highest BCUT2D eigenvalue weighted by Gasteiger charge is 2.17. The lowest BCUT2D eigenvalue weighted by Gasteiger charge is -2.06. The summed E-state index contributed by atoms with van der Waals surface area (Å²) in [7, 11) is 0. The maximum Gasteiger partial charge on any atom is 0.181 e. The normalized spacial score (nSPS) is 11.4. The zero-order chi connectivity index (χ0) is 28.6. The zero-order valence-corrected chi connectivity index (χ0v) is 22.6. The van der Waals surface area contributed by atoms with Crippen molar-refractivity contribution < 1.29 is 9.18 Å². The van der Waals surface area contributed by atoms with Crippen molar-refractivity contribution in [1.29, 1.82) is 0 Å². The minimum atomic E-state index is -0.299. The molecule has 0 unspecified atom stereocenters. The van der Waals surface area contributed by atoms with Crippen LogP contribution in [0.5, 0.6) is 0 Å². The molecule has 0 atom stereocenters. The molecule has 5 heterocycles. The Hall–Kier alpha value is -5.57. The van der Waals surface area contributed by atoms with Gasteiger partial charge in [-0.3, -0.25) is 14.9 Å². The Balaban J connectivity index is 1.22. The maximum absolute atomic E-state index is 14.2. The number of aryl methyl sites for hydroxylation is 1. The van der Waals surface area contributed by atoms with E-state index < -0.39 is 0 Å². The Morgan fingerprint density at radius 3 is 2.52 bits per heavy atom. The number of halogens is 1. The number of Topliss-reactive ketones (excluding diaryl/α,β-unsaturated/α-hetero) is 1. The van der Waals surface area contributed by atoms with E-state index in [1.54, 1.807) is 24.8 Å². The largest absolute Gasteiger partial charge is 0.335 e. The number of carbonyl (C=O) groups excluding carboxylic acids is 1. The Morgan fingerprint density at radius 1 is 0.833 bits per heavy atom. The number of hydrogen-bond acceptors (Lipinski definition) is 6. The molecule has 204 valence electrons. The summed E-state index contributed by atoms with van der Waals surface area (Å²) < 4.78 is 14.2. The standard InChI is InChI=1S/C33H24FN7O/c1-19-9-22(14-25(34)10-19)27-7-8-36-32-29(27)38-33(39-32)30-28-15-24(18-37-31(28)41-40-30)23-11-21(16-35-17-23)13-26(42)12-20-5-3-2-4-6-20/h2-11,14-18H,12-13H2,1H3,(H,36,38,39)(H,37,40,41). The second-order valence-corrected chi connectivity index (χ2v) is 10.3. The molecule has 2 aromatic carbocycles. The molecule has 2 N–H and O–H groups in total. The van der Waals surface area contributed by atoms with Gasteiger partial charge in [0, 0.05) is 54.3 Å². The van der Waals surface area contributed by atoms with Gasteiger partial charge in [0.25, 0.3) is 0 Å². The molecule has 7 aromatic rings. The zero-order valence-electron chi connectivity index (χ0n) is 22.6. The quantitative estimate of drug-likeness (QED) is 0.235. The first-order valence-corrected chi connectivity index (χ1v) is 13.5. The van der Waals surface area contributed by atoms with Gasteiger partial charge in [-0.25, -0.2) is 19.3 Å². The maximum atomic E-state index is 14.2. The number of benzene rings is 2. The summed E-state index contributed by atoms with van der Waals surface area (Å²) in [6.07, 6.45) is 7.56. The smallest absolute Gasteiger partial charge is 0.181 e. The van der Waals surface area contributed by atoms with E-state index in [1.165, 1.54) is 12.1 Å². The number of nitrogens with one attached hydrogen (secondary N) is 2. The molecule has 0 spiro atoms. The number of fused-ring (bicyclic) bond motifs is 2. The van der Waals surface area contributed by atoms with Crippen molar-refractivity contribution >= 4 is 28.0 Å². The molecule has 42 heavy (non-hydrogen) atoms. The number of pyridine rings is 3. The molecular formula is C33H24FN7O. The van der Waals surface area contributed by atoms with Gasteiger partial charge >= 0.3 is 0 Å². The molecule has 9 heteroatoms. The van der Waals surface area contributed by atoms with E-state index in [9.17, 15) is 9.18 Å². The summed E-state index contributed by atoms with van der Waals surface area (Å²) >= 11 is 0. The van der Waals surface area contributed by atoms with Crippen molar-refractivity contribution in [1.82, 2.24) is 35.1 Å². The van der Waals surface area contributed by atoms with Crippen LogP contribution in [-0.4, -0.2) is 40.9 Å². The fraction of sp³-hybridized carbons (Fsp3) is 0.0909. The summed E-state index contributed by atoms with van der Waals surface area (Å²) in [5, 5.41) is 8.19. The fourth-order valence-electron chi connectivity index (χ4n) is 5.26. The van der Waals surface area contributed by atoms with E-state index in [0.29, 0.717) is 41.2 Å². The molecule has 0 saturated heterocycles. The second kappa shape index (κ2) is 10.4. The van der Waals surface area contributed by atoms with Gasteiger partial charge in [0.1, 0.15) is 17.3 Å². The Bertz CT molecular complexity index is 2080. The molecule has 7 rings (SSSR count). The number of nitrogens with zero attached hydrogens (tertiary/aromatic N) is 5. The van der Waals surface area contributed by atoms with Gasteiger partial charge in [0.15, 0.2) is 17.1 Å². The monoisotopic (exact) mass is 553 g/mol. The van der Waals surface area contributed by atoms with Crippen LogP contribution in [0.4, 0.5) is 4.39 Å². The first-order valence-electron chi connectivity index (χ1n) is 13.5. The van der Waals surface area contributed by atoms with Gasteiger partial charge in [-0.1, -0.05) is 36.4 Å². The van der Waals surface area contributed by atoms with Crippen LogP contribution in [0.2, 0.25) is 0 Å². The SMILES string of the molecule is Cc1cc(F)cc(-c2ccnc3nc(-c4[nH]nc5ncc(-c6cncc(CC(=O)Cc7ccccc7)c6)cc45)[nH]c23)c1.